The average Bonchev–Trinajstić information content (AvgIpc) is 2.77. The lowest BCUT2D eigenvalue weighted by Gasteiger charge is -2.13. The summed E-state index contributed by atoms with van der Waals surface area (Å²) in [7, 11) is 0. The Balaban J connectivity index is 1.51. The van der Waals surface area contributed by atoms with Crippen LogP contribution in [0, 0.1) is 0 Å². The summed E-state index contributed by atoms with van der Waals surface area (Å²) in [5.41, 5.74) is 8.59. The summed E-state index contributed by atoms with van der Waals surface area (Å²) < 4.78 is 0. The number of carbonyl (C=O) groups is 2. The molecule has 3 rings (SSSR count). The fourth-order valence-corrected chi connectivity index (χ4v) is 2.81. The van der Waals surface area contributed by atoms with Crippen LogP contribution in [0.5, 0.6) is 11.5 Å². The molecule has 154 valence electrons. The minimum absolute atomic E-state index is 0.0304. The predicted molar refractivity (Wildman–Crippen MR) is 111 cm³/mol. The summed E-state index contributed by atoms with van der Waals surface area (Å²) in [4.78, 5) is 28.1. The minimum atomic E-state index is -0.845. The molecule has 2 aromatic carbocycles. The van der Waals surface area contributed by atoms with E-state index in [2.05, 4.69) is 21.2 Å². The number of rotatable bonds is 7. The molecule has 3 aromatic rings. The first kappa shape index (κ1) is 20.7. The van der Waals surface area contributed by atoms with Gasteiger partial charge >= 0.3 is 11.8 Å². The molecular formula is C22H22N4O4. The van der Waals surface area contributed by atoms with Crippen molar-refractivity contribution in [1.29, 1.82) is 0 Å². The van der Waals surface area contributed by atoms with Gasteiger partial charge in [0, 0.05) is 18.9 Å². The number of nitrogens with one attached hydrogen (secondary N) is 3. The molecular weight excluding hydrogens is 384 g/mol. The van der Waals surface area contributed by atoms with Crippen molar-refractivity contribution in [1.82, 2.24) is 15.7 Å². The van der Waals surface area contributed by atoms with Crippen molar-refractivity contribution in [3.63, 3.8) is 0 Å². The van der Waals surface area contributed by atoms with E-state index in [1.807, 2.05) is 36.4 Å². The Morgan fingerprint density at radius 2 is 1.60 bits per heavy atom. The van der Waals surface area contributed by atoms with E-state index in [1.54, 1.807) is 12.4 Å². The van der Waals surface area contributed by atoms with Crippen LogP contribution in [0.4, 0.5) is 5.69 Å². The third kappa shape index (κ3) is 5.71. The highest BCUT2D eigenvalue weighted by atomic mass is 16.3. The van der Waals surface area contributed by atoms with Gasteiger partial charge in [-0.1, -0.05) is 24.3 Å². The molecule has 0 unspecified atom stereocenters. The van der Waals surface area contributed by atoms with Crippen molar-refractivity contribution in [2.45, 2.75) is 19.4 Å². The third-order valence-corrected chi connectivity index (χ3v) is 4.46. The van der Waals surface area contributed by atoms with E-state index < -0.39 is 11.8 Å². The van der Waals surface area contributed by atoms with E-state index in [-0.39, 0.29) is 18.0 Å². The molecule has 8 heteroatoms. The Kier molecular flexibility index (Phi) is 6.83. The van der Waals surface area contributed by atoms with Gasteiger partial charge in [0.25, 0.3) is 0 Å². The van der Waals surface area contributed by atoms with Crippen LogP contribution in [0.15, 0.2) is 67.0 Å². The molecule has 1 aromatic heterocycles. The first-order valence-electron chi connectivity index (χ1n) is 9.35. The van der Waals surface area contributed by atoms with Crippen LogP contribution in [0.1, 0.15) is 16.7 Å². The number of carbonyl (C=O) groups excluding carboxylic acids is 2. The number of phenolic OH excluding ortho intramolecular Hbond substituents is 2. The number of hydrazine groups is 1. The number of hydrogen-bond donors (Lipinski definition) is 5. The summed E-state index contributed by atoms with van der Waals surface area (Å²) in [5, 5.41) is 21.2. The van der Waals surface area contributed by atoms with E-state index in [1.165, 1.54) is 18.2 Å². The molecule has 0 spiro atoms. The van der Waals surface area contributed by atoms with Crippen LogP contribution in [0.25, 0.3) is 0 Å². The molecule has 0 radical (unpaired) electrons. The van der Waals surface area contributed by atoms with Crippen LogP contribution in [-0.2, 0) is 29.0 Å². The highest BCUT2D eigenvalue weighted by Gasteiger charge is 2.14. The smallest absolute Gasteiger partial charge is 0.327 e. The number of para-hydroxylation sites is 1. The number of pyridine rings is 1. The zero-order valence-corrected chi connectivity index (χ0v) is 16.1. The number of anilines is 1. The lowest BCUT2D eigenvalue weighted by atomic mass is 10.0. The molecule has 30 heavy (non-hydrogen) atoms. The second kappa shape index (κ2) is 9.92. The SMILES string of the molecule is O=C(NCc1ccc(O)c(O)c1)C(=O)NNc1ccccc1CCc1ccncc1. The first-order chi connectivity index (χ1) is 14.5. The second-order valence-corrected chi connectivity index (χ2v) is 6.60. The van der Waals surface area contributed by atoms with E-state index in [0.29, 0.717) is 11.3 Å². The van der Waals surface area contributed by atoms with Crippen molar-refractivity contribution in [3.8, 4) is 11.5 Å². The number of hydrogen-bond acceptors (Lipinski definition) is 6. The normalized spacial score (nSPS) is 10.3. The van der Waals surface area contributed by atoms with Gasteiger partial charge in [0.05, 0.1) is 5.69 Å². The van der Waals surface area contributed by atoms with Gasteiger partial charge in [-0.2, -0.15) is 0 Å². The maximum absolute atomic E-state index is 12.1. The molecule has 0 fully saturated rings. The molecule has 8 nitrogen and oxygen atoms in total. The molecule has 0 saturated heterocycles. The third-order valence-electron chi connectivity index (χ3n) is 4.46. The van der Waals surface area contributed by atoms with E-state index in [9.17, 15) is 19.8 Å². The van der Waals surface area contributed by atoms with Crippen molar-refractivity contribution in [3.05, 3.63) is 83.7 Å². The zero-order valence-electron chi connectivity index (χ0n) is 16.1. The molecule has 1 heterocycles. The van der Waals surface area contributed by atoms with Gasteiger partial charge in [-0.15, -0.1) is 0 Å². The predicted octanol–water partition coefficient (Wildman–Crippen LogP) is 2.04. The van der Waals surface area contributed by atoms with Crippen LogP contribution < -0.4 is 16.2 Å². The van der Waals surface area contributed by atoms with Crippen molar-refractivity contribution in [2.24, 2.45) is 0 Å². The Morgan fingerprint density at radius 1 is 0.833 bits per heavy atom. The molecule has 0 aliphatic rings. The zero-order chi connectivity index (χ0) is 21.3. The van der Waals surface area contributed by atoms with Crippen LogP contribution in [-0.4, -0.2) is 27.0 Å². The number of benzene rings is 2. The van der Waals surface area contributed by atoms with Gasteiger partial charge in [-0.05, 0) is 59.9 Å². The van der Waals surface area contributed by atoms with Gasteiger partial charge in [-0.3, -0.25) is 25.4 Å². The Bertz CT molecular complexity index is 1020. The summed E-state index contributed by atoms with van der Waals surface area (Å²) >= 11 is 0. The highest BCUT2D eigenvalue weighted by molar-refractivity contribution is 6.35. The molecule has 0 aliphatic carbocycles. The summed E-state index contributed by atoms with van der Waals surface area (Å²) in [6.07, 6.45) is 5.06. The quantitative estimate of drug-likeness (QED) is 0.232. The van der Waals surface area contributed by atoms with Crippen LogP contribution in [0.3, 0.4) is 0 Å². The fraction of sp³-hybridized carbons (Fsp3) is 0.136. The maximum atomic E-state index is 12.1. The van der Waals surface area contributed by atoms with E-state index in [4.69, 9.17) is 0 Å². The van der Waals surface area contributed by atoms with Gasteiger partial charge in [0.2, 0.25) is 0 Å². The molecule has 0 atom stereocenters. The lowest BCUT2D eigenvalue weighted by molar-refractivity contribution is -0.139. The monoisotopic (exact) mass is 406 g/mol. The Labute approximate surface area is 173 Å². The van der Waals surface area contributed by atoms with Crippen molar-refractivity contribution in [2.75, 3.05) is 5.43 Å². The topological polar surface area (TPSA) is 124 Å². The van der Waals surface area contributed by atoms with E-state index >= 15 is 0 Å². The number of aromatic nitrogens is 1. The number of nitrogens with zero attached hydrogens (tertiary/aromatic N) is 1. The Morgan fingerprint density at radius 3 is 2.37 bits per heavy atom. The Hall–Kier alpha value is -4.07. The molecule has 2 amide bonds. The number of amides is 2. The summed E-state index contributed by atoms with van der Waals surface area (Å²) in [5.74, 6) is -2.22. The van der Waals surface area contributed by atoms with Crippen molar-refractivity contribution >= 4 is 17.5 Å². The lowest BCUT2D eigenvalue weighted by Crippen LogP contribution is -2.42. The molecule has 0 bridgehead atoms. The standard InChI is InChI=1S/C22H22N4O4/c27-19-8-6-16(13-20(19)28)14-24-21(29)22(30)26-25-18-4-2-1-3-17(18)7-5-15-9-11-23-12-10-15/h1-4,6,8-13,25,27-28H,5,7,14H2,(H,24,29)(H,26,30). The fourth-order valence-electron chi connectivity index (χ4n) is 2.81. The first-order valence-corrected chi connectivity index (χ1v) is 9.35. The molecule has 0 aliphatic heterocycles. The average molecular weight is 406 g/mol. The molecule has 0 saturated carbocycles. The number of aromatic hydroxyl groups is 2. The summed E-state index contributed by atoms with van der Waals surface area (Å²) in [6, 6.07) is 15.6. The number of phenols is 2. The van der Waals surface area contributed by atoms with Crippen molar-refractivity contribution < 1.29 is 19.8 Å². The van der Waals surface area contributed by atoms with Crippen LogP contribution >= 0.6 is 0 Å². The van der Waals surface area contributed by atoms with Gasteiger partial charge in [-0.25, -0.2) is 0 Å². The highest BCUT2D eigenvalue weighted by Crippen LogP contribution is 2.24. The second-order valence-electron chi connectivity index (χ2n) is 6.60. The maximum Gasteiger partial charge on any atom is 0.327 e. The summed E-state index contributed by atoms with van der Waals surface area (Å²) in [6.45, 7) is 0.0304. The van der Waals surface area contributed by atoms with E-state index in [0.717, 1.165) is 24.0 Å². The molecule has 5 N–H and O–H groups in total. The largest absolute Gasteiger partial charge is 0.504 e. The van der Waals surface area contributed by atoms with Gasteiger partial charge < -0.3 is 15.5 Å². The van der Waals surface area contributed by atoms with Crippen LogP contribution in [0.2, 0.25) is 0 Å². The minimum Gasteiger partial charge on any atom is -0.504 e. The van der Waals surface area contributed by atoms with Gasteiger partial charge in [0.1, 0.15) is 0 Å². The number of aryl methyl sites for hydroxylation is 2. The van der Waals surface area contributed by atoms with Gasteiger partial charge in [0.15, 0.2) is 11.5 Å².